The number of nitrogens with zero attached hydrogens (tertiary/aromatic N) is 5. The molecule has 0 unspecified atom stereocenters. The molecule has 0 bridgehead atoms. The molecule has 4 rings (SSSR count). The van der Waals surface area contributed by atoms with E-state index in [1.807, 2.05) is 6.07 Å². The molecule has 9 heteroatoms. The Labute approximate surface area is 178 Å². The lowest BCUT2D eigenvalue weighted by atomic mass is 10.1. The van der Waals surface area contributed by atoms with Gasteiger partial charge in [0.2, 0.25) is 11.8 Å². The summed E-state index contributed by atoms with van der Waals surface area (Å²) in [5, 5.41) is 7.00. The van der Waals surface area contributed by atoms with Gasteiger partial charge in [0.25, 0.3) is 5.91 Å². The minimum atomic E-state index is -0.185. The second-order valence-corrected chi connectivity index (χ2v) is 6.84. The summed E-state index contributed by atoms with van der Waals surface area (Å²) in [5.41, 5.74) is 3.59. The third kappa shape index (κ3) is 4.06. The third-order valence-corrected chi connectivity index (χ3v) is 4.77. The van der Waals surface area contributed by atoms with Crippen molar-refractivity contribution in [2.45, 2.75) is 6.92 Å². The molecule has 1 N–H and O–H groups in total. The van der Waals surface area contributed by atoms with E-state index in [-0.39, 0.29) is 11.8 Å². The Morgan fingerprint density at radius 2 is 1.94 bits per heavy atom. The van der Waals surface area contributed by atoms with Crippen LogP contribution in [-0.2, 0) is 4.79 Å². The normalized spacial score (nSPS) is 10.7. The van der Waals surface area contributed by atoms with Crippen LogP contribution >= 0.6 is 0 Å². The second-order valence-electron chi connectivity index (χ2n) is 6.84. The summed E-state index contributed by atoms with van der Waals surface area (Å²) in [6, 6.07) is 10.5. The van der Waals surface area contributed by atoms with Crippen molar-refractivity contribution in [3.63, 3.8) is 0 Å². The highest BCUT2D eigenvalue weighted by Gasteiger charge is 2.17. The monoisotopic (exact) mass is 416 g/mol. The first-order valence-corrected chi connectivity index (χ1v) is 9.46. The summed E-state index contributed by atoms with van der Waals surface area (Å²) >= 11 is 0. The zero-order chi connectivity index (χ0) is 22.0. The van der Waals surface area contributed by atoms with Crippen LogP contribution in [-0.4, -0.2) is 45.6 Å². The van der Waals surface area contributed by atoms with E-state index in [0.717, 1.165) is 16.6 Å². The molecule has 9 nitrogen and oxygen atoms in total. The van der Waals surface area contributed by atoms with Crippen molar-refractivity contribution < 1.29 is 14.3 Å². The van der Waals surface area contributed by atoms with E-state index in [1.54, 1.807) is 66.7 Å². The molecule has 4 aromatic rings. The molecule has 4 heterocycles. The van der Waals surface area contributed by atoms with Gasteiger partial charge in [0, 0.05) is 55.3 Å². The highest BCUT2D eigenvalue weighted by atomic mass is 16.5. The van der Waals surface area contributed by atoms with Crippen molar-refractivity contribution in [3.8, 4) is 17.0 Å². The minimum absolute atomic E-state index is 0.179. The van der Waals surface area contributed by atoms with E-state index >= 15 is 0 Å². The number of carbonyl (C=O) groups excluding carboxylic acids is 2. The summed E-state index contributed by atoms with van der Waals surface area (Å²) in [5.74, 6) is 0.538. The number of amides is 2. The van der Waals surface area contributed by atoms with E-state index in [9.17, 15) is 9.59 Å². The lowest BCUT2D eigenvalue weighted by Gasteiger charge is -2.18. The number of hydrogen-bond donors (Lipinski definition) is 1. The first-order chi connectivity index (χ1) is 15.0. The molecular weight excluding hydrogens is 396 g/mol. The average Bonchev–Trinajstić information content (AvgIpc) is 3.21. The van der Waals surface area contributed by atoms with Crippen molar-refractivity contribution in [1.82, 2.24) is 19.6 Å². The number of fused-ring (bicyclic) bond motifs is 1. The van der Waals surface area contributed by atoms with Gasteiger partial charge in [0.05, 0.1) is 24.5 Å². The predicted molar refractivity (Wildman–Crippen MR) is 116 cm³/mol. The van der Waals surface area contributed by atoms with Gasteiger partial charge in [-0.05, 0) is 30.3 Å². The van der Waals surface area contributed by atoms with Gasteiger partial charge in [-0.1, -0.05) is 0 Å². The fourth-order valence-corrected chi connectivity index (χ4v) is 3.17. The molecular formula is C22H20N6O3. The number of ether oxygens (including phenoxy) is 1. The van der Waals surface area contributed by atoms with Gasteiger partial charge in [0.1, 0.15) is 5.82 Å². The van der Waals surface area contributed by atoms with Gasteiger partial charge in [-0.3, -0.25) is 9.59 Å². The molecule has 0 fully saturated rings. The Kier molecular flexibility index (Phi) is 5.31. The first kappa shape index (κ1) is 20.0. The van der Waals surface area contributed by atoms with Gasteiger partial charge in [-0.2, -0.15) is 5.10 Å². The van der Waals surface area contributed by atoms with Crippen LogP contribution in [0.15, 0.2) is 61.2 Å². The molecule has 31 heavy (non-hydrogen) atoms. The van der Waals surface area contributed by atoms with E-state index in [2.05, 4.69) is 20.4 Å². The van der Waals surface area contributed by atoms with Crippen LogP contribution in [0, 0.1) is 0 Å². The molecule has 0 radical (unpaired) electrons. The van der Waals surface area contributed by atoms with Crippen LogP contribution in [0.25, 0.3) is 16.6 Å². The van der Waals surface area contributed by atoms with E-state index in [4.69, 9.17) is 4.74 Å². The zero-order valence-corrected chi connectivity index (χ0v) is 17.2. The number of pyridine rings is 3. The predicted octanol–water partition coefficient (Wildman–Crippen LogP) is 3.03. The lowest BCUT2D eigenvalue weighted by molar-refractivity contribution is -0.114. The first-order valence-electron chi connectivity index (χ1n) is 9.46. The van der Waals surface area contributed by atoms with Crippen molar-refractivity contribution in [3.05, 3.63) is 66.7 Å². The van der Waals surface area contributed by atoms with Crippen LogP contribution < -0.4 is 15.0 Å². The SMILES string of the molecule is COc1cc(N(C)C(=O)c2ccn3ncc(-c4ccc(NC(C)=O)nc4)c3c2)ccn1. The Balaban J connectivity index is 1.66. The quantitative estimate of drug-likeness (QED) is 0.537. The molecule has 2 amide bonds. The van der Waals surface area contributed by atoms with Gasteiger partial charge >= 0.3 is 0 Å². The van der Waals surface area contributed by atoms with Crippen LogP contribution in [0.1, 0.15) is 17.3 Å². The summed E-state index contributed by atoms with van der Waals surface area (Å²) in [7, 11) is 3.23. The summed E-state index contributed by atoms with van der Waals surface area (Å²) in [4.78, 5) is 34.1. The smallest absolute Gasteiger partial charge is 0.258 e. The van der Waals surface area contributed by atoms with Crippen molar-refractivity contribution in [2.24, 2.45) is 0 Å². The fourth-order valence-electron chi connectivity index (χ4n) is 3.17. The number of hydrogen-bond acceptors (Lipinski definition) is 6. The second kappa shape index (κ2) is 8.23. The maximum Gasteiger partial charge on any atom is 0.258 e. The van der Waals surface area contributed by atoms with Gasteiger partial charge in [-0.15, -0.1) is 0 Å². The zero-order valence-electron chi connectivity index (χ0n) is 17.2. The summed E-state index contributed by atoms with van der Waals surface area (Å²) in [6.07, 6.45) is 6.71. The summed E-state index contributed by atoms with van der Waals surface area (Å²) in [6.45, 7) is 1.43. The number of aromatic nitrogens is 4. The third-order valence-electron chi connectivity index (χ3n) is 4.77. The van der Waals surface area contributed by atoms with Gasteiger partial charge in [-0.25, -0.2) is 14.5 Å². The van der Waals surface area contributed by atoms with E-state index in [1.165, 1.54) is 18.9 Å². The number of nitrogens with one attached hydrogen (secondary N) is 1. The fraction of sp³-hybridized carbons (Fsp3) is 0.136. The highest BCUT2D eigenvalue weighted by Crippen LogP contribution is 2.26. The molecule has 4 aromatic heterocycles. The van der Waals surface area contributed by atoms with Gasteiger partial charge in [0.15, 0.2) is 0 Å². The highest BCUT2D eigenvalue weighted by molar-refractivity contribution is 6.06. The Hall–Kier alpha value is -4.27. The number of carbonyl (C=O) groups is 2. The Bertz CT molecular complexity index is 1270. The molecule has 0 saturated heterocycles. The topological polar surface area (TPSA) is 102 Å². The molecule has 0 aliphatic heterocycles. The number of methoxy groups -OCH3 is 1. The molecule has 0 aromatic carbocycles. The molecule has 156 valence electrons. The van der Waals surface area contributed by atoms with Crippen LogP contribution in [0.2, 0.25) is 0 Å². The largest absolute Gasteiger partial charge is 0.481 e. The maximum atomic E-state index is 13.1. The molecule has 0 atom stereocenters. The number of rotatable bonds is 5. The lowest BCUT2D eigenvalue weighted by Crippen LogP contribution is -2.26. The van der Waals surface area contributed by atoms with Crippen LogP contribution in [0.4, 0.5) is 11.5 Å². The van der Waals surface area contributed by atoms with Crippen molar-refractivity contribution in [1.29, 1.82) is 0 Å². The van der Waals surface area contributed by atoms with E-state index < -0.39 is 0 Å². The van der Waals surface area contributed by atoms with E-state index in [0.29, 0.717) is 22.9 Å². The van der Waals surface area contributed by atoms with Crippen molar-refractivity contribution in [2.75, 3.05) is 24.4 Å². The number of anilines is 2. The van der Waals surface area contributed by atoms with Crippen molar-refractivity contribution >= 4 is 28.8 Å². The maximum absolute atomic E-state index is 13.1. The molecule has 0 aliphatic carbocycles. The van der Waals surface area contributed by atoms with Crippen LogP contribution in [0.3, 0.4) is 0 Å². The Morgan fingerprint density at radius 3 is 2.65 bits per heavy atom. The standard InChI is InChI=1S/C22H20N6O3/c1-14(29)26-20-5-4-16(12-24-20)18-13-25-28-9-7-15(10-19(18)28)22(30)27(2)17-6-8-23-21(11-17)31-3/h4-13H,1-3H3,(H,24,26,29). The van der Waals surface area contributed by atoms with Crippen LogP contribution in [0.5, 0.6) is 5.88 Å². The minimum Gasteiger partial charge on any atom is -0.481 e. The molecule has 0 aliphatic rings. The summed E-state index contributed by atoms with van der Waals surface area (Å²) < 4.78 is 6.84. The molecule has 0 spiro atoms. The Morgan fingerprint density at radius 1 is 1.10 bits per heavy atom. The average molecular weight is 416 g/mol. The molecule has 0 saturated carbocycles. The van der Waals surface area contributed by atoms with Gasteiger partial charge < -0.3 is 15.0 Å².